The summed E-state index contributed by atoms with van der Waals surface area (Å²) in [6.07, 6.45) is 3.65. The molecule has 1 aliphatic rings. The number of hydrogen-bond acceptors (Lipinski definition) is 4. The minimum atomic E-state index is -0.821. The van der Waals surface area contributed by atoms with Crippen LogP contribution in [0.2, 0.25) is 0 Å². The van der Waals surface area contributed by atoms with Gasteiger partial charge in [0.05, 0.1) is 11.4 Å². The minimum absolute atomic E-state index is 0.127. The molecular weight excluding hydrogens is 406 g/mol. The number of para-hydroxylation sites is 2. The van der Waals surface area contributed by atoms with Gasteiger partial charge in [-0.2, -0.15) is 0 Å². The van der Waals surface area contributed by atoms with Gasteiger partial charge < -0.3 is 16.0 Å². The van der Waals surface area contributed by atoms with Crippen molar-refractivity contribution >= 4 is 29.2 Å². The van der Waals surface area contributed by atoms with Crippen LogP contribution in [0.5, 0.6) is 0 Å². The number of fused-ring (bicyclic) bond motifs is 1. The van der Waals surface area contributed by atoms with Gasteiger partial charge in [0.15, 0.2) is 0 Å². The van der Waals surface area contributed by atoms with E-state index in [4.69, 9.17) is 0 Å². The summed E-state index contributed by atoms with van der Waals surface area (Å²) in [6.45, 7) is 0.168. The Kier molecular flexibility index (Phi) is 6.41. The zero-order valence-electron chi connectivity index (χ0n) is 17.3. The van der Waals surface area contributed by atoms with Crippen molar-refractivity contribution in [1.82, 2.24) is 15.6 Å². The normalized spacial score (nSPS) is 13.5. The summed E-state index contributed by atoms with van der Waals surface area (Å²) in [7, 11) is 0. The van der Waals surface area contributed by atoms with Crippen molar-refractivity contribution < 1.29 is 14.4 Å². The Bertz CT molecular complexity index is 1100. The third-order valence-electron chi connectivity index (χ3n) is 5.10. The molecule has 1 atom stereocenters. The summed E-state index contributed by atoms with van der Waals surface area (Å²) in [4.78, 5) is 43.6. The van der Waals surface area contributed by atoms with Crippen LogP contribution in [0.4, 0.5) is 16.2 Å². The van der Waals surface area contributed by atoms with E-state index in [1.807, 2.05) is 36.4 Å². The van der Waals surface area contributed by atoms with Crippen molar-refractivity contribution in [2.24, 2.45) is 0 Å². The Labute approximate surface area is 185 Å². The highest BCUT2D eigenvalue weighted by Crippen LogP contribution is 2.28. The molecule has 4 amide bonds. The van der Waals surface area contributed by atoms with Crippen LogP contribution in [-0.4, -0.2) is 35.4 Å². The first-order valence-corrected chi connectivity index (χ1v) is 10.3. The molecule has 0 saturated heterocycles. The van der Waals surface area contributed by atoms with Crippen molar-refractivity contribution in [3.63, 3.8) is 0 Å². The maximum absolute atomic E-state index is 13.1. The number of aromatic nitrogens is 1. The quantitative estimate of drug-likeness (QED) is 0.560. The van der Waals surface area contributed by atoms with Crippen molar-refractivity contribution in [3.05, 3.63) is 90.3 Å². The molecule has 0 spiro atoms. The van der Waals surface area contributed by atoms with E-state index in [9.17, 15) is 14.4 Å². The summed E-state index contributed by atoms with van der Waals surface area (Å²) in [5.41, 5.74) is 2.90. The number of carbonyl (C=O) groups excluding carboxylic acids is 3. The number of nitrogens with one attached hydrogen (secondary N) is 3. The number of hydrogen-bond donors (Lipinski definition) is 3. The van der Waals surface area contributed by atoms with Crippen LogP contribution in [0, 0.1) is 0 Å². The van der Waals surface area contributed by atoms with E-state index < -0.39 is 12.1 Å². The SMILES string of the molecule is O=C1CN(C(=O)N[C@H](Cc2ccccc2)C(=O)NCc2cccnc2)c2ccccc2N1. The van der Waals surface area contributed by atoms with E-state index in [1.165, 1.54) is 4.90 Å². The maximum Gasteiger partial charge on any atom is 0.323 e. The first kappa shape index (κ1) is 21.0. The number of urea groups is 1. The monoisotopic (exact) mass is 429 g/mol. The van der Waals surface area contributed by atoms with Crippen molar-refractivity contribution in [2.75, 3.05) is 16.8 Å². The van der Waals surface area contributed by atoms with Crippen LogP contribution in [-0.2, 0) is 22.6 Å². The Morgan fingerprint density at radius 3 is 2.53 bits per heavy atom. The van der Waals surface area contributed by atoms with Gasteiger partial charge in [-0.15, -0.1) is 0 Å². The molecule has 0 bridgehead atoms. The van der Waals surface area contributed by atoms with Crippen molar-refractivity contribution in [3.8, 4) is 0 Å². The summed E-state index contributed by atoms with van der Waals surface area (Å²) in [5.74, 6) is -0.611. The maximum atomic E-state index is 13.1. The fraction of sp³-hybridized carbons (Fsp3) is 0.167. The van der Waals surface area contributed by atoms with Gasteiger partial charge in [-0.3, -0.25) is 19.5 Å². The molecule has 32 heavy (non-hydrogen) atoms. The largest absolute Gasteiger partial charge is 0.350 e. The predicted molar refractivity (Wildman–Crippen MR) is 121 cm³/mol. The smallest absolute Gasteiger partial charge is 0.323 e. The van der Waals surface area contributed by atoms with E-state index in [0.29, 0.717) is 24.3 Å². The standard InChI is InChI=1S/C24H23N5O3/c30-22-16-29(21-11-5-4-10-19(21)27-22)24(32)28-20(13-17-7-2-1-3-8-17)23(31)26-15-18-9-6-12-25-14-18/h1-12,14,20H,13,15-16H2,(H,26,31)(H,27,30)(H,28,32)/t20-/m1/s1. The highest BCUT2D eigenvalue weighted by molar-refractivity contribution is 6.10. The van der Waals surface area contributed by atoms with E-state index >= 15 is 0 Å². The molecule has 0 fully saturated rings. The average Bonchev–Trinajstić information content (AvgIpc) is 2.82. The van der Waals surface area contributed by atoms with Gasteiger partial charge in [-0.25, -0.2) is 4.79 Å². The number of rotatable bonds is 6. The molecule has 4 rings (SSSR count). The fourth-order valence-electron chi connectivity index (χ4n) is 3.52. The highest BCUT2D eigenvalue weighted by atomic mass is 16.2. The zero-order chi connectivity index (χ0) is 22.3. The van der Waals surface area contributed by atoms with Gasteiger partial charge in [-0.05, 0) is 29.3 Å². The number of benzene rings is 2. The van der Waals surface area contributed by atoms with Crippen LogP contribution in [0.3, 0.4) is 0 Å². The minimum Gasteiger partial charge on any atom is -0.350 e. The van der Waals surface area contributed by atoms with Crippen LogP contribution in [0.15, 0.2) is 79.1 Å². The molecule has 8 heteroatoms. The van der Waals surface area contributed by atoms with Crippen LogP contribution in [0.25, 0.3) is 0 Å². The first-order valence-electron chi connectivity index (χ1n) is 10.3. The fourth-order valence-corrected chi connectivity index (χ4v) is 3.52. The molecule has 1 aliphatic heterocycles. The Hall–Kier alpha value is -4.20. The Balaban J connectivity index is 1.51. The van der Waals surface area contributed by atoms with E-state index in [1.54, 1.807) is 42.7 Å². The lowest BCUT2D eigenvalue weighted by Crippen LogP contribution is -2.54. The molecular formula is C24H23N5O3. The highest BCUT2D eigenvalue weighted by Gasteiger charge is 2.30. The van der Waals surface area contributed by atoms with Gasteiger partial charge in [0.25, 0.3) is 0 Å². The van der Waals surface area contributed by atoms with Crippen molar-refractivity contribution in [1.29, 1.82) is 0 Å². The second kappa shape index (κ2) is 9.74. The zero-order valence-corrected chi connectivity index (χ0v) is 17.3. The van der Waals surface area contributed by atoms with Gasteiger partial charge in [-0.1, -0.05) is 48.5 Å². The Morgan fingerprint density at radius 1 is 1.00 bits per heavy atom. The van der Waals surface area contributed by atoms with Gasteiger partial charge >= 0.3 is 6.03 Å². The predicted octanol–water partition coefficient (Wildman–Crippen LogP) is 2.48. The molecule has 3 aromatic rings. The molecule has 0 radical (unpaired) electrons. The molecule has 0 saturated carbocycles. The lowest BCUT2D eigenvalue weighted by Gasteiger charge is -2.30. The number of pyridine rings is 1. The molecule has 0 aliphatic carbocycles. The molecule has 2 aromatic carbocycles. The van der Waals surface area contributed by atoms with Crippen LogP contribution in [0.1, 0.15) is 11.1 Å². The van der Waals surface area contributed by atoms with E-state index in [2.05, 4.69) is 20.9 Å². The molecule has 162 valence electrons. The molecule has 8 nitrogen and oxygen atoms in total. The summed E-state index contributed by atoms with van der Waals surface area (Å²) in [6, 6.07) is 18.8. The number of nitrogens with zero attached hydrogens (tertiary/aromatic N) is 2. The first-order chi connectivity index (χ1) is 15.6. The van der Waals surface area contributed by atoms with Gasteiger partial charge in [0, 0.05) is 25.4 Å². The average molecular weight is 429 g/mol. The third kappa shape index (κ3) is 5.10. The molecule has 2 heterocycles. The second-order valence-electron chi connectivity index (χ2n) is 7.42. The lowest BCUT2D eigenvalue weighted by molar-refractivity contribution is -0.123. The van der Waals surface area contributed by atoms with Gasteiger partial charge in [0.1, 0.15) is 12.6 Å². The summed E-state index contributed by atoms with van der Waals surface area (Å²) < 4.78 is 0. The second-order valence-corrected chi connectivity index (χ2v) is 7.42. The number of amides is 4. The lowest BCUT2D eigenvalue weighted by atomic mass is 10.1. The summed E-state index contributed by atoms with van der Waals surface area (Å²) in [5, 5.41) is 8.43. The third-order valence-corrected chi connectivity index (χ3v) is 5.10. The van der Waals surface area contributed by atoms with Gasteiger partial charge in [0.2, 0.25) is 11.8 Å². The number of carbonyl (C=O) groups is 3. The van der Waals surface area contributed by atoms with Crippen LogP contribution < -0.4 is 20.9 Å². The molecule has 1 aromatic heterocycles. The van der Waals surface area contributed by atoms with E-state index in [-0.39, 0.29) is 18.4 Å². The van der Waals surface area contributed by atoms with Crippen molar-refractivity contribution in [2.45, 2.75) is 19.0 Å². The topological polar surface area (TPSA) is 103 Å². The summed E-state index contributed by atoms with van der Waals surface area (Å²) >= 11 is 0. The van der Waals surface area contributed by atoms with E-state index in [0.717, 1.165) is 11.1 Å². The van der Waals surface area contributed by atoms with Crippen LogP contribution >= 0.6 is 0 Å². The Morgan fingerprint density at radius 2 is 1.75 bits per heavy atom. The molecule has 3 N–H and O–H groups in total. The number of anilines is 2. The molecule has 0 unspecified atom stereocenters.